The lowest BCUT2D eigenvalue weighted by atomic mass is 9.92. The van der Waals surface area contributed by atoms with Crippen LogP contribution < -0.4 is 10.6 Å². The lowest BCUT2D eigenvalue weighted by Gasteiger charge is -2.28. The minimum Gasteiger partial charge on any atom is -0.450 e. The van der Waals surface area contributed by atoms with Crippen LogP contribution in [0.15, 0.2) is 0 Å². The van der Waals surface area contributed by atoms with Crippen molar-refractivity contribution in [3.63, 3.8) is 0 Å². The van der Waals surface area contributed by atoms with Crippen LogP contribution in [-0.2, 0) is 4.74 Å². The van der Waals surface area contributed by atoms with E-state index >= 15 is 0 Å². The van der Waals surface area contributed by atoms with E-state index in [1.54, 1.807) is 0 Å². The number of fused-ring (bicyclic) bond motifs is 2. The Morgan fingerprint density at radius 1 is 1.40 bits per heavy atom. The molecule has 2 unspecified atom stereocenters. The van der Waals surface area contributed by atoms with Gasteiger partial charge in [-0.05, 0) is 38.5 Å². The van der Waals surface area contributed by atoms with Crippen molar-refractivity contribution in [2.75, 3.05) is 13.2 Å². The maximum absolute atomic E-state index is 11.1. The largest absolute Gasteiger partial charge is 0.450 e. The molecule has 2 rings (SSSR count). The van der Waals surface area contributed by atoms with Gasteiger partial charge in [0.05, 0.1) is 6.61 Å². The summed E-state index contributed by atoms with van der Waals surface area (Å²) in [5.74, 6) is 0.633. The third kappa shape index (κ3) is 2.84. The zero-order valence-electron chi connectivity index (χ0n) is 9.29. The molecule has 86 valence electrons. The van der Waals surface area contributed by atoms with Gasteiger partial charge in [-0.2, -0.15) is 0 Å². The fourth-order valence-corrected chi connectivity index (χ4v) is 2.75. The first-order chi connectivity index (χ1) is 7.28. The highest BCUT2D eigenvalue weighted by atomic mass is 16.5. The van der Waals surface area contributed by atoms with E-state index < -0.39 is 0 Å². The molecule has 2 bridgehead atoms. The molecule has 0 saturated carbocycles. The van der Waals surface area contributed by atoms with Crippen LogP contribution in [0.2, 0.25) is 0 Å². The van der Waals surface area contributed by atoms with Crippen molar-refractivity contribution in [1.29, 1.82) is 0 Å². The quantitative estimate of drug-likeness (QED) is 0.740. The SMILES string of the molecule is CCOC(=O)NCC1CC2CCC(C1)N2. The van der Waals surface area contributed by atoms with Gasteiger partial charge in [-0.1, -0.05) is 0 Å². The van der Waals surface area contributed by atoms with Gasteiger partial charge in [0.15, 0.2) is 0 Å². The van der Waals surface area contributed by atoms with E-state index in [0.717, 1.165) is 6.54 Å². The van der Waals surface area contributed by atoms with Crippen LogP contribution in [0.4, 0.5) is 4.79 Å². The number of hydrogen-bond donors (Lipinski definition) is 2. The number of nitrogens with one attached hydrogen (secondary N) is 2. The number of hydrogen-bond acceptors (Lipinski definition) is 3. The molecule has 1 amide bonds. The van der Waals surface area contributed by atoms with E-state index in [1.165, 1.54) is 25.7 Å². The first kappa shape index (κ1) is 10.7. The first-order valence-electron chi connectivity index (χ1n) is 5.94. The van der Waals surface area contributed by atoms with Gasteiger partial charge in [0.25, 0.3) is 0 Å². The summed E-state index contributed by atoms with van der Waals surface area (Å²) in [7, 11) is 0. The number of rotatable bonds is 3. The Hall–Kier alpha value is -0.770. The molecule has 2 aliphatic rings. The van der Waals surface area contributed by atoms with E-state index in [-0.39, 0.29) is 6.09 Å². The minimum absolute atomic E-state index is 0.275. The average molecular weight is 212 g/mol. The van der Waals surface area contributed by atoms with Crippen molar-refractivity contribution in [2.45, 2.75) is 44.7 Å². The van der Waals surface area contributed by atoms with Gasteiger partial charge in [0.2, 0.25) is 0 Å². The highest BCUT2D eigenvalue weighted by Crippen LogP contribution is 2.30. The highest BCUT2D eigenvalue weighted by Gasteiger charge is 2.33. The van der Waals surface area contributed by atoms with Gasteiger partial charge in [-0.15, -0.1) is 0 Å². The van der Waals surface area contributed by atoms with Gasteiger partial charge < -0.3 is 15.4 Å². The van der Waals surface area contributed by atoms with Crippen LogP contribution in [0, 0.1) is 5.92 Å². The first-order valence-corrected chi connectivity index (χ1v) is 5.94. The normalized spacial score (nSPS) is 33.8. The number of carbonyl (C=O) groups excluding carboxylic acids is 1. The van der Waals surface area contributed by atoms with Gasteiger partial charge in [0, 0.05) is 18.6 Å². The molecule has 2 fully saturated rings. The Balaban J connectivity index is 1.69. The molecule has 2 N–H and O–H groups in total. The summed E-state index contributed by atoms with van der Waals surface area (Å²) in [5.41, 5.74) is 0. The number of alkyl carbamates (subject to hydrolysis) is 1. The molecule has 4 heteroatoms. The second kappa shape index (κ2) is 4.84. The molecule has 4 nitrogen and oxygen atoms in total. The van der Waals surface area contributed by atoms with Crippen molar-refractivity contribution in [3.8, 4) is 0 Å². The summed E-state index contributed by atoms with van der Waals surface area (Å²) in [6.45, 7) is 3.04. The lowest BCUT2D eigenvalue weighted by molar-refractivity contribution is 0.148. The fraction of sp³-hybridized carbons (Fsp3) is 0.909. The molecular weight excluding hydrogens is 192 g/mol. The van der Waals surface area contributed by atoms with Crippen molar-refractivity contribution in [1.82, 2.24) is 10.6 Å². The summed E-state index contributed by atoms with van der Waals surface area (Å²) in [6, 6.07) is 1.38. The van der Waals surface area contributed by atoms with Crippen LogP contribution in [0.25, 0.3) is 0 Å². The van der Waals surface area contributed by atoms with Crippen molar-refractivity contribution < 1.29 is 9.53 Å². The molecule has 0 aromatic carbocycles. The van der Waals surface area contributed by atoms with Gasteiger partial charge in [0.1, 0.15) is 0 Å². The Bertz CT molecular complexity index is 221. The van der Waals surface area contributed by atoms with Gasteiger partial charge in [-0.25, -0.2) is 4.79 Å². The van der Waals surface area contributed by atoms with Crippen LogP contribution in [0.3, 0.4) is 0 Å². The molecule has 2 saturated heterocycles. The topological polar surface area (TPSA) is 50.4 Å². The minimum atomic E-state index is -0.275. The van der Waals surface area contributed by atoms with Gasteiger partial charge in [-0.3, -0.25) is 0 Å². The Morgan fingerprint density at radius 2 is 2.07 bits per heavy atom. The molecule has 0 aliphatic carbocycles. The second-order valence-corrected chi connectivity index (χ2v) is 4.58. The fourth-order valence-electron chi connectivity index (χ4n) is 2.75. The van der Waals surface area contributed by atoms with Crippen molar-refractivity contribution >= 4 is 6.09 Å². The summed E-state index contributed by atoms with van der Waals surface area (Å²) >= 11 is 0. The monoisotopic (exact) mass is 212 g/mol. The summed E-state index contributed by atoms with van der Waals surface area (Å²) < 4.78 is 4.84. The molecule has 2 heterocycles. The molecule has 15 heavy (non-hydrogen) atoms. The van der Waals surface area contributed by atoms with E-state index in [1.807, 2.05) is 6.92 Å². The Kier molecular flexibility index (Phi) is 3.46. The Labute approximate surface area is 90.8 Å². The van der Waals surface area contributed by atoms with E-state index in [4.69, 9.17) is 4.74 Å². The number of ether oxygens (including phenoxy) is 1. The van der Waals surface area contributed by atoms with Crippen LogP contribution in [0.1, 0.15) is 32.6 Å². The average Bonchev–Trinajstić information content (AvgIpc) is 2.56. The third-order valence-electron chi connectivity index (χ3n) is 3.38. The van der Waals surface area contributed by atoms with Crippen molar-refractivity contribution in [3.05, 3.63) is 0 Å². The van der Waals surface area contributed by atoms with Crippen molar-refractivity contribution in [2.24, 2.45) is 5.92 Å². The summed E-state index contributed by atoms with van der Waals surface area (Å²) in [6.07, 6.45) is 4.73. The predicted octanol–water partition coefficient (Wildman–Crippen LogP) is 1.26. The molecular formula is C11H20N2O2. The zero-order valence-corrected chi connectivity index (χ0v) is 9.29. The maximum atomic E-state index is 11.1. The number of carbonyl (C=O) groups is 1. The lowest BCUT2D eigenvalue weighted by Crippen LogP contribution is -2.42. The number of piperidine rings is 1. The molecule has 0 spiro atoms. The van der Waals surface area contributed by atoms with Crippen LogP contribution in [0.5, 0.6) is 0 Å². The van der Waals surface area contributed by atoms with E-state index in [0.29, 0.717) is 24.6 Å². The standard InChI is InChI=1S/C11H20N2O2/c1-2-15-11(14)12-7-8-5-9-3-4-10(6-8)13-9/h8-10,13H,2-7H2,1H3,(H,12,14). The molecule has 0 radical (unpaired) electrons. The number of amides is 1. The summed E-state index contributed by atoms with van der Waals surface area (Å²) in [5, 5.41) is 6.42. The van der Waals surface area contributed by atoms with E-state index in [2.05, 4.69) is 10.6 Å². The predicted molar refractivity (Wildman–Crippen MR) is 57.7 cm³/mol. The van der Waals surface area contributed by atoms with Crippen LogP contribution in [-0.4, -0.2) is 31.3 Å². The molecule has 2 atom stereocenters. The third-order valence-corrected chi connectivity index (χ3v) is 3.38. The molecule has 0 aromatic heterocycles. The maximum Gasteiger partial charge on any atom is 0.407 e. The molecule has 2 aliphatic heterocycles. The Morgan fingerprint density at radius 3 is 2.67 bits per heavy atom. The molecule has 0 aromatic rings. The highest BCUT2D eigenvalue weighted by molar-refractivity contribution is 5.67. The zero-order chi connectivity index (χ0) is 10.7. The summed E-state index contributed by atoms with van der Waals surface area (Å²) in [4.78, 5) is 11.1. The second-order valence-electron chi connectivity index (χ2n) is 4.58. The van der Waals surface area contributed by atoms with Gasteiger partial charge >= 0.3 is 6.09 Å². The smallest absolute Gasteiger partial charge is 0.407 e. The van der Waals surface area contributed by atoms with E-state index in [9.17, 15) is 4.79 Å². The van der Waals surface area contributed by atoms with Crippen LogP contribution >= 0.6 is 0 Å².